The second-order valence-electron chi connectivity index (χ2n) is 6.45. The molecule has 1 aromatic heterocycles. The molecule has 6 nitrogen and oxygen atoms in total. The van der Waals surface area contributed by atoms with Gasteiger partial charge in [-0.05, 0) is 45.3 Å². The van der Waals surface area contributed by atoms with Crippen LogP contribution in [0.2, 0.25) is 5.02 Å². The van der Waals surface area contributed by atoms with E-state index in [9.17, 15) is 9.90 Å². The van der Waals surface area contributed by atoms with E-state index >= 15 is 0 Å². The number of aryl methyl sites for hydroxylation is 1. The van der Waals surface area contributed by atoms with Crippen LogP contribution in [0, 0.1) is 6.92 Å². The predicted molar refractivity (Wildman–Crippen MR) is 95.7 cm³/mol. The molecule has 1 atom stereocenters. The maximum Gasteiger partial charge on any atom is 0.257 e. The molecule has 1 aliphatic rings. The van der Waals surface area contributed by atoms with Crippen LogP contribution in [-0.4, -0.2) is 41.4 Å². The summed E-state index contributed by atoms with van der Waals surface area (Å²) in [6.45, 7) is 3.51. The molecule has 0 radical (unpaired) electrons. The van der Waals surface area contributed by atoms with Gasteiger partial charge >= 0.3 is 0 Å². The normalized spacial score (nSPS) is 20.9. The Morgan fingerprint density at radius 3 is 3.00 bits per heavy atom. The van der Waals surface area contributed by atoms with E-state index in [-0.39, 0.29) is 12.5 Å². The van der Waals surface area contributed by atoms with Gasteiger partial charge in [0.2, 0.25) is 0 Å². The molecule has 3 N–H and O–H groups in total. The van der Waals surface area contributed by atoms with Crippen LogP contribution >= 0.6 is 11.6 Å². The van der Waals surface area contributed by atoms with Crippen LogP contribution in [0.4, 0.5) is 0 Å². The van der Waals surface area contributed by atoms with E-state index in [0.29, 0.717) is 40.4 Å². The van der Waals surface area contributed by atoms with Crippen molar-refractivity contribution in [3.05, 3.63) is 40.6 Å². The minimum atomic E-state index is -0.894. The van der Waals surface area contributed by atoms with Crippen LogP contribution < -0.4 is 10.6 Å². The molecule has 7 heteroatoms. The lowest BCUT2D eigenvalue weighted by Crippen LogP contribution is -2.43. The molecule has 134 valence electrons. The summed E-state index contributed by atoms with van der Waals surface area (Å²) < 4.78 is 5.22. The monoisotopic (exact) mass is 363 g/mol. The van der Waals surface area contributed by atoms with Crippen LogP contribution in [-0.2, 0) is 0 Å². The average molecular weight is 364 g/mol. The Labute approximate surface area is 151 Å². The number of hydrogen-bond donors (Lipinski definition) is 3. The Hall–Kier alpha value is -1.89. The number of amides is 1. The fourth-order valence-electron chi connectivity index (χ4n) is 3.10. The summed E-state index contributed by atoms with van der Waals surface area (Å²) in [5, 5.41) is 21.3. The number of aliphatic hydroxyl groups is 1. The molecule has 0 spiro atoms. The van der Waals surface area contributed by atoms with Crippen molar-refractivity contribution in [1.29, 1.82) is 0 Å². The van der Waals surface area contributed by atoms with E-state index < -0.39 is 5.60 Å². The molecule has 1 aliphatic heterocycles. The minimum absolute atomic E-state index is 0.195. The minimum Gasteiger partial charge on any atom is -0.388 e. The first-order chi connectivity index (χ1) is 12.0. The molecule has 1 amide bonds. The molecule has 2 heterocycles. The van der Waals surface area contributed by atoms with Crippen molar-refractivity contribution in [2.75, 3.05) is 19.6 Å². The van der Waals surface area contributed by atoms with Crippen LogP contribution in [0.1, 0.15) is 35.4 Å². The molecule has 0 unspecified atom stereocenters. The quantitative estimate of drug-likeness (QED) is 0.777. The zero-order chi connectivity index (χ0) is 17.9. The number of benzene rings is 1. The van der Waals surface area contributed by atoms with Gasteiger partial charge in [-0.1, -0.05) is 35.0 Å². The number of hydrogen-bond acceptors (Lipinski definition) is 5. The summed E-state index contributed by atoms with van der Waals surface area (Å²) >= 11 is 6.22. The van der Waals surface area contributed by atoms with Gasteiger partial charge in [0.1, 0.15) is 17.0 Å². The molecule has 3 rings (SSSR count). The van der Waals surface area contributed by atoms with Gasteiger partial charge in [0.25, 0.3) is 5.91 Å². The fourth-order valence-corrected chi connectivity index (χ4v) is 3.33. The average Bonchev–Trinajstić information content (AvgIpc) is 2.84. The highest BCUT2D eigenvalue weighted by molar-refractivity contribution is 6.33. The SMILES string of the molecule is Cc1onc(-c2ccccc2Cl)c1C(=O)NC[C@@]1(O)CCCNCC1. The zero-order valence-corrected chi connectivity index (χ0v) is 14.9. The fraction of sp³-hybridized carbons (Fsp3) is 0.444. The van der Waals surface area contributed by atoms with Crippen LogP contribution in [0.5, 0.6) is 0 Å². The summed E-state index contributed by atoms with van der Waals surface area (Å²) in [6.07, 6.45) is 2.14. The highest BCUT2D eigenvalue weighted by atomic mass is 35.5. The van der Waals surface area contributed by atoms with Crippen molar-refractivity contribution >= 4 is 17.5 Å². The molecule has 0 bridgehead atoms. The Kier molecular flexibility index (Phi) is 5.42. The molecule has 1 aromatic carbocycles. The van der Waals surface area contributed by atoms with Gasteiger partial charge in [0.15, 0.2) is 0 Å². The largest absolute Gasteiger partial charge is 0.388 e. The molecule has 1 fully saturated rings. The second-order valence-corrected chi connectivity index (χ2v) is 6.86. The first kappa shape index (κ1) is 17.9. The third-order valence-corrected chi connectivity index (χ3v) is 4.89. The van der Waals surface area contributed by atoms with Crippen molar-refractivity contribution < 1.29 is 14.4 Å². The van der Waals surface area contributed by atoms with Gasteiger partial charge in [-0.25, -0.2) is 0 Å². The number of aromatic nitrogens is 1. The lowest BCUT2D eigenvalue weighted by molar-refractivity contribution is 0.0275. The Morgan fingerprint density at radius 2 is 2.20 bits per heavy atom. The van der Waals surface area contributed by atoms with E-state index in [1.165, 1.54) is 0 Å². The summed E-state index contributed by atoms with van der Waals surface area (Å²) in [5.74, 6) is 0.0984. The highest BCUT2D eigenvalue weighted by Crippen LogP contribution is 2.31. The number of nitrogens with one attached hydrogen (secondary N) is 2. The Morgan fingerprint density at radius 1 is 1.40 bits per heavy atom. The third kappa shape index (κ3) is 4.03. The first-order valence-corrected chi connectivity index (χ1v) is 8.80. The van der Waals surface area contributed by atoms with Gasteiger partial charge in [-0.15, -0.1) is 0 Å². The molecule has 2 aromatic rings. The van der Waals surface area contributed by atoms with Crippen LogP contribution in [0.25, 0.3) is 11.3 Å². The van der Waals surface area contributed by atoms with Gasteiger partial charge in [-0.2, -0.15) is 0 Å². The molecule has 25 heavy (non-hydrogen) atoms. The van der Waals surface area contributed by atoms with Gasteiger partial charge in [0, 0.05) is 12.1 Å². The second kappa shape index (κ2) is 7.56. The maximum atomic E-state index is 12.7. The Balaban J connectivity index is 1.79. The predicted octanol–water partition coefficient (Wildman–Crippen LogP) is 2.54. The van der Waals surface area contributed by atoms with Gasteiger partial charge < -0.3 is 20.3 Å². The molecular weight excluding hydrogens is 342 g/mol. The lowest BCUT2D eigenvalue weighted by atomic mass is 9.94. The summed E-state index contributed by atoms with van der Waals surface area (Å²) in [6, 6.07) is 7.17. The van der Waals surface area contributed by atoms with Crippen molar-refractivity contribution in [3.8, 4) is 11.3 Å². The number of carbonyl (C=O) groups is 1. The van der Waals surface area contributed by atoms with Crippen molar-refractivity contribution in [3.63, 3.8) is 0 Å². The van der Waals surface area contributed by atoms with E-state index in [2.05, 4.69) is 15.8 Å². The topological polar surface area (TPSA) is 87.4 Å². The molecule has 0 saturated carbocycles. The van der Waals surface area contributed by atoms with E-state index in [4.69, 9.17) is 16.1 Å². The molecule has 1 saturated heterocycles. The van der Waals surface area contributed by atoms with Crippen LogP contribution in [0.3, 0.4) is 0 Å². The standard InChI is InChI=1S/C18H22ClN3O3/c1-12-15(16(22-25-12)13-5-2-3-6-14(13)19)17(23)21-11-18(24)7-4-9-20-10-8-18/h2-3,5-6,20,24H,4,7-11H2,1H3,(H,21,23)/t18-/m1/s1. The number of carbonyl (C=O) groups excluding carboxylic acids is 1. The van der Waals surface area contributed by atoms with Crippen molar-refractivity contribution in [2.45, 2.75) is 31.8 Å². The lowest BCUT2D eigenvalue weighted by Gasteiger charge is -2.26. The molecule has 0 aliphatic carbocycles. The summed E-state index contributed by atoms with van der Waals surface area (Å²) in [4.78, 5) is 12.7. The van der Waals surface area contributed by atoms with Gasteiger partial charge in [0.05, 0.1) is 10.6 Å². The summed E-state index contributed by atoms with van der Waals surface area (Å²) in [5.41, 5.74) is 0.511. The van der Waals surface area contributed by atoms with Gasteiger partial charge in [-0.3, -0.25) is 4.79 Å². The van der Waals surface area contributed by atoms with Crippen molar-refractivity contribution in [2.24, 2.45) is 0 Å². The highest BCUT2D eigenvalue weighted by Gasteiger charge is 2.30. The van der Waals surface area contributed by atoms with Crippen molar-refractivity contribution in [1.82, 2.24) is 15.8 Å². The number of halogens is 1. The van der Waals surface area contributed by atoms with Crippen LogP contribution in [0.15, 0.2) is 28.8 Å². The third-order valence-electron chi connectivity index (χ3n) is 4.56. The zero-order valence-electron chi connectivity index (χ0n) is 14.1. The summed E-state index contributed by atoms with van der Waals surface area (Å²) in [7, 11) is 0. The smallest absolute Gasteiger partial charge is 0.257 e. The Bertz CT molecular complexity index is 752. The maximum absolute atomic E-state index is 12.7. The number of rotatable bonds is 4. The van der Waals surface area contributed by atoms with E-state index in [1.807, 2.05) is 12.1 Å². The number of nitrogens with zero attached hydrogens (tertiary/aromatic N) is 1. The van der Waals surface area contributed by atoms with E-state index in [1.54, 1.807) is 19.1 Å². The van der Waals surface area contributed by atoms with E-state index in [0.717, 1.165) is 19.5 Å². The molecular formula is C18H22ClN3O3. The first-order valence-electron chi connectivity index (χ1n) is 8.43.